The van der Waals surface area contributed by atoms with Gasteiger partial charge in [0, 0.05) is 26.3 Å². The Morgan fingerprint density at radius 2 is 1.85 bits per heavy atom. The first-order chi connectivity index (χ1) is 12.4. The van der Waals surface area contributed by atoms with Gasteiger partial charge < -0.3 is 0 Å². The Morgan fingerprint density at radius 3 is 2.35 bits per heavy atom. The van der Waals surface area contributed by atoms with E-state index < -0.39 is 10.0 Å². The minimum atomic E-state index is -3.48. The van der Waals surface area contributed by atoms with Crippen molar-refractivity contribution < 1.29 is 8.42 Å². The summed E-state index contributed by atoms with van der Waals surface area (Å²) in [6.45, 7) is 1.04. The third kappa shape index (κ3) is 2.93. The van der Waals surface area contributed by atoms with E-state index in [1.165, 1.54) is 5.56 Å². The molecule has 1 aromatic carbocycles. The molecule has 2 fully saturated rings. The van der Waals surface area contributed by atoms with Crippen molar-refractivity contribution in [2.75, 3.05) is 13.1 Å². The summed E-state index contributed by atoms with van der Waals surface area (Å²) in [5, 5.41) is 13.5. The molecule has 2 aromatic rings. The van der Waals surface area contributed by atoms with Gasteiger partial charge in [-0.25, -0.2) is 8.42 Å². The van der Waals surface area contributed by atoms with Crippen LogP contribution < -0.4 is 0 Å². The molecule has 1 saturated carbocycles. The van der Waals surface area contributed by atoms with E-state index in [0.717, 1.165) is 31.2 Å². The molecule has 2 heterocycles. The molecule has 0 radical (unpaired) electrons. The zero-order valence-electron chi connectivity index (χ0n) is 14.8. The molecule has 0 N–H and O–H groups in total. The zero-order chi connectivity index (χ0) is 18.4. The molecule has 0 unspecified atom stereocenters. The molecule has 0 atom stereocenters. The van der Waals surface area contributed by atoms with E-state index in [-0.39, 0.29) is 5.41 Å². The van der Waals surface area contributed by atoms with Crippen molar-refractivity contribution in [2.45, 2.75) is 41.9 Å². The second kappa shape index (κ2) is 6.22. The summed E-state index contributed by atoms with van der Waals surface area (Å²) >= 11 is 0. The smallest absolute Gasteiger partial charge is 0.243 e. The number of aromatic nitrogens is 2. The van der Waals surface area contributed by atoms with Gasteiger partial charge in [0.15, 0.2) is 0 Å². The second-order valence-electron chi connectivity index (χ2n) is 7.34. The number of hydrogen-bond donors (Lipinski definition) is 0. The third-order valence-electron chi connectivity index (χ3n) is 5.66. The lowest BCUT2D eigenvalue weighted by atomic mass is 9.93. The maximum atomic E-state index is 12.9. The highest BCUT2D eigenvalue weighted by molar-refractivity contribution is 7.89. The minimum absolute atomic E-state index is 0.315. The van der Waals surface area contributed by atoms with Gasteiger partial charge in [0.2, 0.25) is 10.0 Å². The molecule has 1 aromatic heterocycles. The van der Waals surface area contributed by atoms with Gasteiger partial charge in [-0.3, -0.25) is 4.68 Å². The quantitative estimate of drug-likeness (QED) is 0.828. The van der Waals surface area contributed by atoms with Gasteiger partial charge in [0.25, 0.3) is 0 Å². The fraction of sp³-hybridized carbons (Fsp3) is 0.474. The monoisotopic (exact) mass is 370 g/mol. The first-order valence-corrected chi connectivity index (χ1v) is 10.4. The van der Waals surface area contributed by atoms with Crippen molar-refractivity contribution >= 4 is 10.0 Å². The Morgan fingerprint density at radius 1 is 1.19 bits per heavy atom. The average Bonchev–Trinajstić information content (AvgIpc) is 3.36. The van der Waals surface area contributed by atoms with Crippen LogP contribution in [-0.4, -0.2) is 35.6 Å². The molecule has 1 aliphatic heterocycles. The number of hydrogen-bond acceptors (Lipinski definition) is 4. The summed E-state index contributed by atoms with van der Waals surface area (Å²) in [5.74, 6) is 0.364. The summed E-state index contributed by atoms with van der Waals surface area (Å²) in [5.41, 5.74) is 1.72. The summed E-state index contributed by atoms with van der Waals surface area (Å²) < 4.78 is 29.2. The van der Waals surface area contributed by atoms with Gasteiger partial charge in [-0.05, 0) is 54.9 Å². The third-order valence-corrected chi connectivity index (χ3v) is 7.57. The van der Waals surface area contributed by atoms with Crippen molar-refractivity contribution in [1.82, 2.24) is 14.1 Å². The first kappa shape index (κ1) is 17.3. The molecular weight excluding hydrogens is 348 g/mol. The molecule has 0 bridgehead atoms. The molecule has 2 aliphatic rings. The Hall–Kier alpha value is -2.17. The van der Waals surface area contributed by atoms with Crippen molar-refractivity contribution in [3.8, 4) is 6.07 Å². The molecule has 6 nitrogen and oxygen atoms in total. The Bertz CT molecular complexity index is 944. The van der Waals surface area contributed by atoms with Crippen molar-refractivity contribution in [3.05, 3.63) is 47.8 Å². The molecule has 0 spiro atoms. The van der Waals surface area contributed by atoms with E-state index in [9.17, 15) is 13.7 Å². The highest BCUT2D eigenvalue weighted by Gasteiger charge is 2.45. The predicted octanol–water partition coefficient (Wildman–Crippen LogP) is 2.54. The van der Waals surface area contributed by atoms with Crippen LogP contribution in [0.15, 0.2) is 41.6 Å². The predicted molar refractivity (Wildman–Crippen MR) is 96.9 cm³/mol. The van der Waals surface area contributed by atoms with E-state index in [4.69, 9.17) is 0 Å². The maximum Gasteiger partial charge on any atom is 0.243 e. The summed E-state index contributed by atoms with van der Waals surface area (Å²) in [4.78, 5) is 0.315. The molecule has 4 rings (SSSR count). The van der Waals surface area contributed by atoms with Gasteiger partial charge in [0.1, 0.15) is 0 Å². The van der Waals surface area contributed by atoms with Gasteiger partial charge in [-0.15, -0.1) is 0 Å². The number of aryl methyl sites for hydroxylation is 1. The van der Waals surface area contributed by atoms with Gasteiger partial charge in [-0.1, -0.05) is 12.1 Å². The van der Waals surface area contributed by atoms with Gasteiger partial charge >= 0.3 is 0 Å². The number of nitrogens with zero attached hydrogens (tertiary/aromatic N) is 4. The highest BCUT2D eigenvalue weighted by Crippen LogP contribution is 2.47. The average molecular weight is 370 g/mol. The van der Waals surface area contributed by atoms with Crippen molar-refractivity contribution in [2.24, 2.45) is 7.05 Å². The molecule has 26 heavy (non-hydrogen) atoms. The Kier molecular flexibility index (Phi) is 4.13. The lowest BCUT2D eigenvalue weighted by Gasteiger charge is -2.30. The SMILES string of the molecule is Cn1cc(C2CCN(S(=O)(=O)c3ccc(C4(C#N)CC4)cc3)CC2)cn1. The van der Waals surface area contributed by atoms with Crippen molar-refractivity contribution in [3.63, 3.8) is 0 Å². The van der Waals surface area contributed by atoms with Crippen LogP contribution in [0.1, 0.15) is 42.7 Å². The van der Waals surface area contributed by atoms with Crippen LogP contribution in [-0.2, 0) is 22.5 Å². The number of sulfonamides is 1. The summed E-state index contributed by atoms with van der Waals surface area (Å²) in [6, 6.07) is 9.24. The largest absolute Gasteiger partial charge is 0.276 e. The van der Waals surface area contributed by atoms with E-state index >= 15 is 0 Å². The van der Waals surface area contributed by atoms with Crippen LogP contribution in [0.5, 0.6) is 0 Å². The fourth-order valence-electron chi connectivity index (χ4n) is 3.77. The molecule has 1 saturated heterocycles. The van der Waals surface area contributed by atoms with E-state index in [1.807, 2.05) is 19.4 Å². The van der Waals surface area contributed by atoms with Crippen molar-refractivity contribution in [1.29, 1.82) is 5.26 Å². The van der Waals surface area contributed by atoms with E-state index in [2.05, 4.69) is 11.2 Å². The molecule has 0 amide bonds. The van der Waals surface area contributed by atoms with Crippen LogP contribution in [0.2, 0.25) is 0 Å². The van der Waals surface area contributed by atoms with Crippen LogP contribution in [0.3, 0.4) is 0 Å². The van der Waals surface area contributed by atoms with Gasteiger partial charge in [-0.2, -0.15) is 14.7 Å². The molecule has 7 heteroatoms. The Labute approximate surface area is 154 Å². The number of benzene rings is 1. The van der Waals surface area contributed by atoms with E-state index in [0.29, 0.717) is 23.9 Å². The standard InChI is InChI=1S/C19H22N4O2S/c1-22-13-16(12-21-22)15-6-10-23(11-7-15)26(24,25)18-4-2-17(3-5-18)19(14-20)8-9-19/h2-5,12-13,15H,6-11H2,1H3. The normalized spacial score (nSPS) is 20.6. The number of rotatable bonds is 4. The van der Waals surface area contributed by atoms with Crippen LogP contribution in [0.25, 0.3) is 0 Å². The lowest BCUT2D eigenvalue weighted by molar-refractivity contribution is 0.319. The van der Waals surface area contributed by atoms with Crippen LogP contribution >= 0.6 is 0 Å². The van der Waals surface area contributed by atoms with Crippen LogP contribution in [0.4, 0.5) is 0 Å². The first-order valence-electron chi connectivity index (χ1n) is 8.95. The maximum absolute atomic E-state index is 12.9. The fourth-order valence-corrected chi connectivity index (χ4v) is 5.24. The Balaban J connectivity index is 1.47. The minimum Gasteiger partial charge on any atom is -0.276 e. The number of nitriles is 1. The second-order valence-corrected chi connectivity index (χ2v) is 9.28. The molecular formula is C19H22N4O2S. The summed E-state index contributed by atoms with van der Waals surface area (Å²) in [6.07, 6.45) is 7.21. The summed E-state index contributed by atoms with van der Waals surface area (Å²) in [7, 11) is -1.59. The number of piperidine rings is 1. The van der Waals surface area contributed by atoms with E-state index in [1.54, 1.807) is 33.3 Å². The topological polar surface area (TPSA) is 79.0 Å². The van der Waals surface area contributed by atoms with Crippen LogP contribution in [0, 0.1) is 11.3 Å². The van der Waals surface area contributed by atoms with Gasteiger partial charge in [0.05, 0.1) is 22.6 Å². The molecule has 1 aliphatic carbocycles. The zero-order valence-corrected chi connectivity index (χ0v) is 15.6. The highest BCUT2D eigenvalue weighted by atomic mass is 32.2. The molecule has 136 valence electrons. The lowest BCUT2D eigenvalue weighted by Crippen LogP contribution is -2.37.